The third kappa shape index (κ3) is 2.92. The van der Waals surface area contributed by atoms with Gasteiger partial charge in [0.1, 0.15) is 0 Å². The number of hydrogen-bond acceptors (Lipinski definition) is 3. The molecule has 0 aliphatic heterocycles. The standard InChI is InChI=1S/C12H15BrN4/c1-17-9(6-8-16-17)4-5-11(14)12-10(13)3-2-7-15-12/h2-3,6-8,11H,4-5,14H2,1H3. The summed E-state index contributed by atoms with van der Waals surface area (Å²) in [5.41, 5.74) is 8.24. The molecule has 0 aliphatic carbocycles. The number of aromatic nitrogens is 3. The minimum Gasteiger partial charge on any atom is -0.323 e. The molecule has 0 saturated carbocycles. The molecule has 0 bridgehead atoms. The summed E-state index contributed by atoms with van der Waals surface area (Å²) in [5, 5.41) is 4.14. The van der Waals surface area contributed by atoms with Crippen molar-refractivity contribution < 1.29 is 0 Å². The van der Waals surface area contributed by atoms with E-state index in [-0.39, 0.29) is 6.04 Å². The normalized spacial score (nSPS) is 12.6. The Kier molecular flexibility index (Phi) is 3.91. The van der Waals surface area contributed by atoms with Gasteiger partial charge in [0.25, 0.3) is 0 Å². The zero-order chi connectivity index (χ0) is 12.3. The van der Waals surface area contributed by atoms with E-state index in [1.54, 1.807) is 12.4 Å². The van der Waals surface area contributed by atoms with Gasteiger partial charge in [-0.3, -0.25) is 9.67 Å². The first-order chi connectivity index (χ1) is 8.18. The summed E-state index contributed by atoms with van der Waals surface area (Å²) in [6.07, 6.45) is 5.33. The van der Waals surface area contributed by atoms with Crippen molar-refractivity contribution >= 4 is 15.9 Å². The van der Waals surface area contributed by atoms with Crippen LogP contribution in [0.1, 0.15) is 23.9 Å². The molecule has 1 atom stereocenters. The van der Waals surface area contributed by atoms with Gasteiger partial charge in [-0.1, -0.05) is 0 Å². The average Bonchev–Trinajstić information content (AvgIpc) is 2.72. The lowest BCUT2D eigenvalue weighted by Gasteiger charge is -2.12. The lowest BCUT2D eigenvalue weighted by Crippen LogP contribution is -2.14. The van der Waals surface area contributed by atoms with E-state index in [9.17, 15) is 0 Å². The monoisotopic (exact) mass is 294 g/mol. The Hall–Kier alpha value is -1.20. The van der Waals surface area contributed by atoms with E-state index >= 15 is 0 Å². The Bertz CT molecular complexity index is 495. The minimum atomic E-state index is -0.0551. The Balaban J connectivity index is 2.01. The van der Waals surface area contributed by atoms with Crippen LogP contribution in [0.25, 0.3) is 0 Å². The van der Waals surface area contributed by atoms with Crippen LogP contribution >= 0.6 is 15.9 Å². The highest BCUT2D eigenvalue weighted by molar-refractivity contribution is 9.10. The van der Waals surface area contributed by atoms with E-state index in [0.29, 0.717) is 0 Å². The molecular weight excluding hydrogens is 280 g/mol. The molecule has 0 aromatic carbocycles. The number of rotatable bonds is 4. The van der Waals surface area contributed by atoms with Gasteiger partial charge in [0.15, 0.2) is 0 Å². The van der Waals surface area contributed by atoms with Gasteiger partial charge < -0.3 is 5.73 Å². The van der Waals surface area contributed by atoms with Crippen molar-refractivity contribution in [1.82, 2.24) is 14.8 Å². The summed E-state index contributed by atoms with van der Waals surface area (Å²) in [6, 6.07) is 5.81. The molecule has 17 heavy (non-hydrogen) atoms. The van der Waals surface area contributed by atoms with Crippen molar-refractivity contribution in [2.45, 2.75) is 18.9 Å². The first kappa shape index (κ1) is 12.3. The van der Waals surface area contributed by atoms with E-state index in [2.05, 4.69) is 26.0 Å². The largest absolute Gasteiger partial charge is 0.323 e. The van der Waals surface area contributed by atoms with Crippen LogP contribution in [0.3, 0.4) is 0 Å². The van der Waals surface area contributed by atoms with Gasteiger partial charge >= 0.3 is 0 Å². The molecular formula is C12H15BrN4. The lowest BCUT2D eigenvalue weighted by atomic mass is 10.1. The summed E-state index contributed by atoms with van der Waals surface area (Å²) in [6.45, 7) is 0. The molecule has 0 spiro atoms. The Morgan fingerprint density at radius 1 is 1.41 bits per heavy atom. The Morgan fingerprint density at radius 2 is 2.24 bits per heavy atom. The van der Waals surface area contributed by atoms with Crippen LogP contribution in [0.2, 0.25) is 0 Å². The van der Waals surface area contributed by atoms with Gasteiger partial charge in [0, 0.05) is 35.6 Å². The van der Waals surface area contributed by atoms with Crippen LogP contribution in [-0.4, -0.2) is 14.8 Å². The molecule has 2 aromatic heterocycles. The number of pyridine rings is 1. The molecule has 5 heteroatoms. The summed E-state index contributed by atoms with van der Waals surface area (Å²) in [5.74, 6) is 0. The van der Waals surface area contributed by atoms with E-state index in [1.807, 2.05) is 29.9 Å². The Labute approximate surface area is 109 Å². The first-order valence-corrected chi connectivity index (χ1v) is 6.30. The molecule has 0 fully saturated rings. The van der Waals surface area contributed by atoms with Crippen LogP contribution in [0.5, 0.6) is 0 Å². The molecule has 1 unspecified atom stereocenters. The maximum atomic E-state index is 6.14. The molecule has 2 aromatic rings. The van der Waals surface area contributed by atoms with E-state index in [0.717, 1.165) is 23.0 Å². The fourth-order valence-corrected chi connectivity index (χ4v) is 2.31. The van der Waals surface area contributed by atoms with E-state index in [4.69, 9.17) is 5.73 Å². The maximum Gasteiger partial charge on any atom is 0.0712 e. The average molecular weight is 295 g/mol. The smallest absolute Gasteiger partial charge is 0.0712 e. The molecule has 2 heterocycles. The SMILES string of the molecule is Cn1nccc1CCC(N)c1ncccc1Br. The van der Waals surface area contributed by atoms with Gasteiger partial charge in [-0.2, -0.15) is 5.10 Å². The molecule has 0 aliphatic rings. The third-order valence-corrected chi connectivity index (χ3v) is 3.44. The van der Waals surface area contributed by atoms with Crippen LogP contribution in [0.4, 0.5) is 0 Å². The van der Waals surface area contributed by atoms with Gasteiger partial charge in [0.2, 0.25) is 0 Å². The minimum absolute atomic E-state index is 0.0551. The van der Waals surface area contributed by atoms with Crippen LogP contribution < -0.4 is 5.73 Å². The van der Waals surface area contributed by atoms with Gasteiger partial charge in [-0.05, 0) is 47.0 Å². The number of hydrogen-bond donors (Lipinski definition) is 1. The van der Waals surface area contributed by atoms with Crippen LogP contribution in [0.15, 0.2) is 35.1 Å². The van der Waals surface area contributed by atoms with Gasteiger partial charge in [0.05, 0.1) is 5.69 Å². The highest BCUT2D eigenvalue weighted by Crippen LogP contribution is 2.22. The number of halogens is 1. The van der Waals surface area contributed by atoms with Gasteiger partial charge in [-0.25, -0.2) is 0 Å². The molecule has 0 radical (unpaired) electrons. The summed E-state index contributed by atoms with van der Waals surface area (Å²) in [4.78, 5) is 4.31. The summed E-state index contributed by atoms with van der Waals surface area (Å²) < 4.78 is 2.85. The molecule has 90 valence electrons. The lowest BCUT2D eigenvalue weighted by molar-refractivity contribution is 0.600. The number of aryl methyl sites for hydroxylation is 2. The van der Waals surface area contributed by atoms with Crippen molar-refractivity contribution in [1.29, 1.82) is 0 Å². The van der Waals surface area contributed by atoms with Crippen LogP contribution in [-0.2, 0) is 13.5 Å². The quantitative estimate of drug-likeness (QED) is 0.941. The second-order valence-electron chi connectivity index (χ2n) is 3.96. The maximum absolute atomic E-state index is 6.14. The summed E-state index contributed by atoms with van der Waals surface area (Å²) in [7, 11) is 1.94. The topological polar surface area (TPSA) is 56.7 Å². The van der Waals surface area contributed by atoms with Crippen molar-refractivity contribution in [2.75, 3.05) is 0 Å². The van der Waals surface area contributed by atoms with Crippen molar-refractivity contribution in [2.24, 2.45) is 12.8 Å². The molecule has 4 nitrogen and oxygen atoms in total. The van der Waals surface area contributed by atoms with Crippen molar-refractivity contribution in [3.63, 3.8) is 0 Å². The summed E-state index contributed by atoms with van der Waals surface area (Å²) >= 11 is 3.47. The number of nitrogens with two attached hydrogens (primary N) is 1. The van der Waals surface area contributed by atoms with Crippen molar-refractivity contribution in [3.05, 3.63) is 46.5 Å². The highest BCUT2D eigenvalue weighted by Gasteiger charge is 2.11. The third-order valence-electron chi connectivity index (χ3n) is 2.77. The van der Waals surface area contributed by atoms with Gasteiger partial charge in [-0.15, -0.1) is 0 Å². The zero-order valence-corrected chi connectivity index (χ0v) is 11.3. The molecule has 0 saturated heterocycles. The van der Waals surface area contributed by atoms with Crippen molar-refractivity contribution in [3.8, 4) is 0 Å². The highest BCUT2D eigenvalue weighted by atomic mass is 79.9. The van der Waals surface area contributed by atoms with E-state index < -0.39 is 0 Å². The predicted octanol–water partition coefficient (Wildman–Crippen LogP) is 2.21. The van der Waals surface area contributed by atoms with E-state index in [1.165, 1.54) is 5.69 Å². The Morgan fingerprint density at radius 3 is 2.88 bits per heavy atom. The molecule has 2 N–H and O–H groups in total. The number of nitrogens with zero attached hydrogens (tertiary/aromatic N) is 3. The fraction of sp³-hybridized carbons (Fsp3) is 0.333. The molecule has 2 rings (SSSR count). The van der Waals surface area contributed by atoms with Crippen LogP contribution in [0, 0.1) is 0 Å². The zero-order valence-electron chi connectivity index (χ0n) is 9.68. The first-order valence-electron chi connectivity index (χ1n) is 5.51. The predicted molar refractivity (Wildman–Crippen MR) is 70.4 cm³/mol. The molecule has 0 amide bonds. The fourth-order valence-electron chi connectivity index (χ4n) is 1.76. The second-order valence-corrected chi connectivity index (χ2v) is 4.82. The second kappa shape index (κ2) is 5.42.